The Morgan fingerprint density at radius 2 is 1.67 bits per heavy atom. The predicted octanol–water partition coefficient (Wildman–Crippen LogP) is 4.74. The molecule has 1 unspecified atom stereocenters. The van der Waals surface area contributed by atoms with Crippen LogP contribution >= 0.6 is 27.5 Å². The van der Waals surface area contributed by atoms with Crippen molar-refractivity contribution >= 4 is 27.5 Å². The molecule has 0 radical (unpaired) electrons. The Hall–Kier alpha value is 0.770. The van der Waals surface area contributed by atoms with E-state index in [0.29, 0.717) is 4.83 Å². The van der Waals surface area contributed by atoms with Crippen LogP contribution in [-0.4, -0.2) is 10.7 Å². The van der Waals surface area contributed by atoms with Gasteiger partial charge in [0.15, 0.2) is 0 Å². The first kappa shape index (κ1) is 12.8. The molecule has 0 fully saturated rings. The number of hydrogen-bond donors (Lipinski definition) is 0. The quantitative estimate of drug-likeness (QED) is 0.434. The molecule has 74 valence electrons. The van der Waals surface area contributed by atoms with E-state index in [-0.39, 0.29) is 0 Å². The maximum absolute atomic E-state index is 5.67. The lowest BCUT2D eigenvalue weighted by atomic mass is 10.1. The third kappa shape index (κ3) is 8.86. The minimum Gasteiger partial charge on any atom is -0.126 e. The fourth-order valence-electron chi connectivity index (χ4n) is 1.22. The molecule has 0 N–H and O–H groups in total. The fourth-order valence-corrected chi connectivity index (χ4v) is 1.70. The Balaban J connectivity index is 2.90. The number of hydrogen-bond acceptors (Lipinski definition) is 0. The molecule has 0 aromatic rings. The van der Waals surface area contributed by atoms with Crippen LogP contribution in [0.5, 0.6) is 0 Å². The fraction of sp³-hybridized carbons (Fsp3) is 1.00. The molecule has 0 rings (SSSR count). The van der Waals surface area contributed by atoms with Crippen molar-refractivity contribution in [2.75, 3.05) is 5.88 Å². The van der Waals surface area contributed by atoms with Crippen LogP contribution in [0.3, 0.4) is 0 Å². The van der Waals surface area contributed by atoms with Gasteiger partial charge in [-0.05, 0) is 6.42 Å². The minimum atomic E-state index is 0.533. The topological polar surface area (TPSA) is 0 Å². The Labute approximate surface area is 90.2 Å². The van der Waals surface area contributed by atoms with Crippen LogP contribution in [-0.2, 0) is 0 Å². The van der Waals surface area contributed by atoms with Crippen LogP contribution < -0.4 is 0 Å². The maximum atomic E-state index is 5.67. The van der Waals surface area contributed by atoms with Gasteiger partial charge in [-0.2, -0.15) is 0 Å². The molecule has 0 nitrogen and oxygen atoms in total. The Bertz CT molecular complexity index is 85.9. The maximum Gasteiger partial charge on any atom is 0.0349 e. The number of rotatable bonds is 8. The third-order valence-corrected chi connectivity index (χ3v) is 3.57. The summed E-state index contributed by atoms with van der Waals surface area (Å²) in [5.41, 5.74) is 0. The predicted molar refractivity (Wildman–Crippen MR) is 61.4 cm³/mol. The summed E-state index contributed by atoms with van der Waals surface area (Å²) in [6, 6.07) is 0. The summed E-state index contributed by atoms with van der Waals surface area (Å²) >= 11 is 9.20. The van der Waals surface area contributed by atoms with Gasteiger partial charge in [-0.3, -0.25) is 0 Å². The molecular weight excluding hydrogens is 235 g/mol. The van der Waals surface area contributed by atoms with E-state index in [1.807, 2.05) is 0 Å². The van der Waals surface area contributed by atoms with Gasteiger partial charge in [-0.15, -0.1) is 11.6 Å². The summed E-state index contributed by atoms with van der Waals surface area (Å²) in [7, 11) is 0. The van der Waals surface area contributed by atoms with Gasteiger partial charge in [0, 0.05) is 10.7 Å². The molecule has 0 amide bonds. The molecule has 0 saturated heterocycles. The van der Waals surface area contributed by atoms with E-state index in [2.05, 4.69) is 22.9 Å². The van der Waals surface area contributed by atoms with Crippen molar-refractivity contribution in [1.29, 1.82) is 0 Å². The minimum absolute atomic E-state index is 0.533. The molecule has 0 aromatic heterocycles. The van der Waals surface area contributed by atoms with E-state index in [9.17, 15) is 0 Å². The molecule has 0 aromatic carbocycles. The average Bonchev–Trinajstić information content (AvgIpc) is 2.10. The molecule has 0 aliphatic heterocycles. The first-order chi connectivity index (χ1) is 5.81. The monoisotopic (exact) mass is 254 g/mol. The van der Waals surface area contributed by atoms with E-state index in [0.717, 1.165) is 5.88 Å². The van der Waals surface area contributed by atoms with Gasteiger partial charge < -0.3 is 0 Å². The molecule has 0 spiro atoms. The molecule has 0 heterocycles. The van der Waals surface area contributed by atoms with E-state index in [4.69, 9.17) is 11.6 Å². The lowest BCUT2D eigenvalue weighted by Gasteiger charge is -2.04. The zero-order valence-corrected chi connectivity index (χ0v) is 10.3. The molecule has 1 atom stereocenters. The first-order valence-electron chi connectivity index (χ1n) is 5.01. The number of unbranched alkanes of at least 4 members (excludes halogenated alkanes) is 5. The van der Waals surface area contributed by atoms with Crippen molar-refractivity contribution in [3.8, 4) is 0 Å². The molecule has 2 heteroatoms. The highest BCUT2D eigenvalue weighted by molar-refractivity contribution is 9.09. The Kier molecular flexibility index (Phi) is 10.5. The summed E-state index contributed by atoms with van der Waals surface area (Å²) in [4.78, 5) is 0.533. The van der Waals surface area contributed by atoms with Gasteiger partial charge in [0.25, 0.3) is 0 Å². The largest absolute Gasteiger partial charge is 0.126 e. The lowest BCUT2D eigenvalue weighted by molar-refractivity contribution is 0.591. The van der Waals surface area contributed by atoms with Crippen molar-refractivity contribution in [3.63, 3.8) is 0 Å². The van der Waals surface area contributed by atoms with Crippen molar-refractivity contribution in [1.82, 2.24) is 0 Å². The highest BCUT2D eigenvalue weighted by Gasteiger charge is 2.00. The molecule has 12 heavy (non-hydrogen) atoms. The molecule has 0 saturated carbocycles. The molecule has 0 aliphatic rings. The van der Waals surface area contributed by atoms with Gasteiger partial charge in [-0.1, -0.05) is 61.4 Å². The summed E-state index contributed by atoms with van der Waals surface area (Å²) in [6.07, 6.45) is 9.47. The van der Waals surface area contributed by atoms with Crippen LogP contribution in [0, 0.1) is 0 Å². The van der Waals surface area contributed by atoms with Crippen molar-refractivity contribution < 1.29 is 0 Å². The third-order valence-electron chi connectivity index (χ3n) is 2.04. The van der Waals surface area contributed by atoms with Gasteiger partial charge in [-0.25, -0.2) is 0 Å². The Morgan fingerprint density at radius 1 is 1.08 bits per heavy atom. The Morgan fingerprint density at radius 3 is 2.25 bits per heavy atom. The van der Waals surface area contributed by atoms with Gasteiger partial charge in [0.05, 0.1) is 0 Å². The smallest absolute Gasteiger partial charge is 0.0349 e. The van der Waals surface area contributed by atoms with E-state index in [1.165, 1.54) is 44.9 Å². The van der Waals surface area contributed by atoms with E-state index < -0.39 is 0 Å². The lowest BCUT2D eigenvalue weighted by Crippen LogP contribution is -1.98. The second-order valence-corrected chi connectivity index (χ2v) is 4.91. The van der Waals surface area contributed by atoms with E-state index in [1.54, 1.807) is 0 Å². The first-order valence-corrected chi connectivity index (χ1v) is 6.46. The summed E-state index contributed by atoms with van der Waals surface area (Å²) in [5, 5.41) is 0. The zero-order valence-electron chi connectivity index (χ0n) is 7.99. The van der Waals surface area contributed by atoms with Crippen molar-refractivity contribution in [3.05, 3.63) is 0 Å². The molecule has 0 aliphatic carbocycles. The van der Waals surface area contributed by atoms with Crippen LogP contribution in [0.1, 0.15) is 51.9 Å². The van der Waals surface area contributed by atoms with Crippen LogP contribution in [0.15, 0.2) is 0 Å². The zero-order chi connectivity index (χ0) is 9.23. The standard InChI is InChI=1S/C10H20BrCl/c1-2-3-4-5-6-7-8-10(11)9-12/h10H,2-9H2,1H3. The van der Waals surface area contributed by atoms with Crippen LogP contribution in [0.25, 0.3) is 0 Å². The van der Waals surface area contributed by atoms with Gasteiger partial charge >= 0.3 is 0 Å². The van der Waals surface area contributed by atoms with E-state index >= 15 is 0 Å². The average molecular weight is 256 g/mol. The highest BCUT2D eigenvalue weighted by atomic mass is 79.9. The summed E-state index contributed by atoms with van der Waals surface area (Å²) in [5.74, 6) is 0.745. The second-order valence-electron chi connectivity index (χ2n) is 3.31. The summed E-state index contributed by atoms with van der Waals surface area (Å²) < 4.78 is 0. The number of alkyl halides is 2. The van der Waals surface area contributed by atoms with Crippen LogP contribution in [0.2, 0.25) is 0 Å². The highest BCUT2D eigenvalue weighted by Crippen LogP contribution is 2.13. The number of halogens is 2. The van der Waals surface area contributed by atoms with Crippen molar-refractivity contribution in [2.45, 2.75) is 56.7 Å². The molecular formula is C10H20BrCl. The second kappa shape index (κ2) is 9.85. The normalized spacial score (nSPS) is 13.2. The van der Waals surface area contributed by atoms with Gasteiger partial charge in [0.2, 0.25) is 0 Å². The van der Waals surface area contributed by atoms with Gasteiger partial charge in [0.1, 0.15) is 0 Å². The molecule has 0 bridgehead atoms. The van der Waals surface area contributed by atoms with Crippen molar-refractivity contribution in [2.24, 2.45) is 0 Å². The SMILES string of the molecule is CCCCCCCCC(Br)CCl. The van der Waals surface area contributed by atoms with Crippen LogP contribution in [0.4, 0.5) is 0 Å². The summed E-state index contributed by atoms with van der Waals surface area (Å²) in [6.45, 7) is 2.25.